The number of carbonyl (C=O) groups is 1. The molecular weight excluding hydrogens is 360 g/mol. The average Bonchev–Trinajstić information content (AvgIpc) is 2.72. The number of methoxy groups -OCH3 is 3. The molecule has 28 heavy (non-hydrogen) atoms. The Kier molecular flexibility index (Phi) is 5.73. The molecule has 0 aromatic heterocycles. The van der Waals surface area contributed by atoms with E-state index in [9.17, 15) is 9.90 Å². The number of aliphatic carboxylic acids is 1. The predicted molar refractivity (Wildman–Crippen MR) is 107 cm³/mol. The smallest absolute Gasteiger partial charge is 0.419 e. The fourth-order valence-electron chi connectivity index (χ4n) is 3.46. The molecule has 0 amide bonds. The lowest BCUT2D eigenvalue weighted by atomic mass is 10.1. The van der Waals surface area contributed by atoms with Gasteiger partial charge in [0.1, 0.15) is 5.75 Å². The minimum atomic E-state index is -1.01. The van der Waals surface area contributed by atoms with Crippen molar-refractivity contribution >= 4 is 23.2 Å². The first kappa shape index (κ1) is 19.5. The van der Waals surface area contributed by atoms with Crippen molar-refractivity contribution in [3.05, 3.63) is 42.0 Å². The summed E-state index contributed by atoms with van der Waals surface area (Å²) in [5, 5.41) is 10.1. The third-order valence-corrected chi connectivity index (χ3v) is 4.77. The lowest BCUT2D eigenvalue weighted by Gasteiger charge is -2.26. The molecule has 0 bridgehead atoms. The van der Waals surface area contributed by atoms with Gasteiger partial charge >= 0.3 is 11.8 Å². The van der Waals surface area contributed by atoms with E-state index in [2.05, 4.69) is 0 Å². The highest BCUT2D eigenvalue weighted by Crippen LogP contribution is 2.35. The standard InChI is InChI=1S/C21H24N2O5/c1-14-6-8-16(18(12-14)27-3)22-10-5-11-23(20(22)21(24)25)17-9-7-15(26-2)13-19(17)28-4/h6-9,12-13H,5,10-11H2,1-4H3/p+1. The second-order valence-electron chi connectivity index (χ2n) is 6.50. The first-order chi connectivity index (χ1) is 13.5. The highest BCUT2D eigenvalue weighted by atomic mass is 16.5. The third kappa shape index (κ3) is 3.60. The van der Waals surface area contributed by atoms with Crippen molar-refractivity contribution in [3.8, 4) is 17.2 Å². The number of nitrogens with zero attached hydrogens (tertiary/aromatic N) is 2. The van der Waals surface area contributed by atoms with Gasteiger partial charge in [0.05, 0.1) is 34.4 Å². The first-order valence-electron chi connectivity index (χ1n) is 9.02. The van der Waals surface area contributed by atoms with E-state index < -0.39 is 5.97 Å². The Bertz CT molecular complexity index is 923. The van der Waals surface area contributed by atoms with Crippen molar-refractivity contribution in [1.82, 2.24) is 0 Å². The zero-order valence-electron chi connectivity index (χ0n) is 16.6. The predicted octanol–water partition coefficient (Wildman–Crippen LogP) is 3.06. The van der Waals surface area contributed by atoms with E-state index in [4.69, 9.17) is 14.2 Å². The van der Waals surface area contributed by atoms with Gasteiger partial charge in [-0.25, -0.2) is 14.3 Å². The van der Waals surface area contributed by atoms with Crippen LogP contribution in [0, 0.1) is 6.92 Å². The third-order valence-electron chi connectivity index (χ3n) is 4.77. The SMILES string of the molecule is COc1ccc(N2CCC[N+](c3ccc(C)cc3OC)=C2C(=O)O)c(OC)c1. The van der Waals surface area contributed by atoms with Crippen molar-refractivity contribution in [2.75, 3.05) is 39.3 Å². The summed E-state index contributed by atoms with van der Waals surface area (Å²) < 4.78 is 18.1. The number of ether oxygens (including phenoxy) is 3. The quantitative estimate of drug-likeness (QED) is 0.771. The van der Waals surface area contributed by atoms with Gasteiger partial charge < -0.3 is 19.3 Å². The molecular formula is C21H25N2O5+. The second kappa shape index (κ2) is 8.21. The van der Waals surface area contributed by atoms with Crippen molar-refractivity contribution < 1.29 is 28.7 Å². The molecule has 1 N–H and O–H groups in total. The molecule has 7 heteroatoms. The number of rotatable bonds is 6. The highest BCUT2D eigenvalue weighted by Gasteiger charge is 2.38. The van der Waals surface area contributed by atoms with Crippen LogP contribution in [0.3, 0.4) is 0 Å². The highest BCUT2D eigenvalue weighted by molar-refractivity contribution is 6.38. The molecule has 0 spiro atoms. The lowest BCUT2D eigenvalue weighted by molar-refractivity contribution is -0.446. The summed E-state index contributed by atoms with van der Waals surface area (Å²) in [5.74, 6) is 0.988. The van der Waals surface area contributed by atoms with Crippen LogP contribution in [-0.4, -0.2) is 55.9 Å². The van der Waals surface area contributed by atoms with E-state index in [1.165, 1.54) is 0 Å². The summed E-state index contributed by atoms with van der Waals surface area (Å²) >= 11 is 0. The molecule has 148 valence electrons. The fourth-order valence-corrected chi connectivity index (χ4v) is 3.46. The Morgan fingerprint density at radius 1 is 1.04 bits per heavy atom. The fraction of sp³-hybridized carbons (Fsp3) is 0.333. The summed E-state index contributed by atoms with van der Waals surface area (Å²) in [6.45, 7) is 3.11. The van der Waals surface area contributed by atoms with Gasteiger partial charge in [0.2, 0.25) is 0 Å². The van der Waals surface area contributed by atoms with Gasteiger partial charge in [-0.05, 0) is 36.8 Å². The molecule has 7 nitrogen and oxygen atoms in total. The number of anilines is 1. The van der Waals surface area contributed by atoms with E-state index in [-0.39, 0.29) is 5.84 Å². The largest absolute Gasteiger partial charge is 0.497 e. The molecule has 3 rings (SSSR count). The lowest BCUT2D eigenvalue weighted by Crippen LogP contribution is -2.47. The Morgan fingerprint density at radius 2 is 1.79 bits per heavy atom. The molecule has 0 saturated carbocycles. The van der Waals surface area contributed by atoms with Crippen LogP contribution in [0.1, 0.15) is 12.0 Å². The van der Waals surface area contributed by atoms with Crippen molar-refractivity contribution in [2.24, 2.45) is 0 Å². The monoisotopic (exact) mass is 385 g/mol. The molecule has 2 aromatic rings. The summed E-state index contributed by atoms with van der Waals surface area (Å²) in [4.78, 5) is 14.1. The van der Waals surface area contributed by atoms with Crippen LogP contribution in [0.4, 0.5) is 11.4 Å². The number of carboxylic acid groups (broad SMARTS) is 1. The Hall–Kier alpha value is -3.22. The Morgan fingerprint density at radius 3 is 2.43 bits per heavy atom. The van der Waals surface area contributed by atoms with Gasteiger partial charge in [-0.1, -0.05) is 6.07 Å². The number of carboxylic acids is 1. The summed E-state index contributed by atoms with van der Waals surface area (Å²) in [6.07, 6.45) is 0.781. The summed E-state index contributed by atoms with van der Waals surface area (Å²) in [7, 11) is 4.73. The van der Waals surface area contributed by atoms with Gasteiger partial charge in [-0.2, -0.15) is 0 Å². The van der Waals surface area contributed by atoms with Gasteiger partial charge in [0.15, 0.2) is 22.9 Å². The van der Waals surface area contributed by atoms with Gasteiger partial charge in [0, 0.05) is 12.5 Å². The molecule has 2 aromatic carbocycles. The minimum Gasteiger partial charge on any atom is -0.497 e. The number of amidine groups is 1. The van der Waals surface area contributed by atoms with Crippen molar-refractivity contribution in [3.63, 3.8) is 0 Å². The van der Waals surface area contributed by atoms with E-state index in [0.29, 0.717) is 36.0 Å². The van der Waals surface area contributed by atoms with Crippen LogP contribution in [0.15, 0.2) is 36.4 Å². The number of hydrogen-bond donors (Lipinski definition) is 1. The molecule has 1 heterocycles. The molecule has 0 radical (unpaired) electrons. The minimum absolute atomic E-state index is 0.164. The van der Waals surface area contributed by atoms with Crippen LogP contribution >= 0.6 is 0 Å². The molecule has 1 aliphatic heterocycles. The molecule has 0 saturated heterocycles. The van der Waals surface area contributed by atoms with Gasteiger partial charge in [0.25, 0.3) is 0 Å². The molecule has 0 unspecified atom stereocenters. The number of benzene rings is 2. The number of hydrogen-bond acceptors (Lipinski definition) is 5. The maximum Gasteiger partial charge on any atom is 0.419 e. The van der Waals surface area contributed by atoms with E-state index in [0.717, 1.165) is 17.7 Å². The van der Waals surface area contributed by atoms with Crippen molar-refractivity contribution in [2.45, 2.75) is 13.3 Å². The Labute approximate surface area is 164 Å². The molecule has 1 aliphatic rings. The van der Waals surface area contributed by atoms with Crippen molar-refractivity contribution in [1.29, 1.82) is 0 Å². The normalized spacial score (nSPS) is 14.1. The van der Waals surface area contributed by atoms with Crippen LogP contribution < -0.4 is 19.1 Å². The summed E-state index contributed by atoms with van der Waals surface area (Å²) in [5.41, 5.74) is 2.45. The first-order valence-corrected chi connectivity index (χ1v) is 9.02. The van der Waals surface area contributed by atoms with Crippen LogP contribution in [-0.2, 0) is 4.79 Å². The van der Waals surface area contributed by atoms with Crippen LogP contribution in [0.5, 0.6) is 17.2 Å². The van der Waals surface area contributed by atoms with E-state index in [1.54, 1.807) is 42.9 Å². The Balaban J connectivity index is 2.19. The maximum atomic E-state index is 12.3. The molecule has 0 fully saturated rings. The molecule has 0 aliphatic carbocycles. The van der Waals surface area contributed by atoms with E-state index in [1.807, 2.05) is 31.2 Å². The topological polar surface area (TPSA) is 71.2 Å². The zero-order valence-corrected chi connectivity index (χ0v) is 16.6. The molecule has 0 atom stereocenters. The summed E-state index contributed by atoms with van der Waals surface area (Å²) in [6, 6.07) is 11.1. The number of aryl methyl sites for hydroxylation is 1. The van der Waals surface area contributed by atoms with Gasteiger partial charge in [-0.3, -0.25) is 0 Å². The zero-order chi connectivity index (χ0) is 20.3. The van der Waals surface area contributed by atoms with Gasteiger partial charge in [-0.15, -0.1) is 0 Å². The van der Waals surface area contributed by atoms with E-state index >= 15 is 0 Å². The average molecular weight is 385 g/mol. The maximum absolute atomic E-state index is 12.3. The van der Waals surface area contributed by atoms with Crippen LogP contribution in [0.2, 0.25) is 0 Å². The van der Waals surface area contributed by atoms with Crippen LogP contribution in [0.25, 0.3) is 0 Å². The second-order valence-corrected chi connectivity index (χ2v) is 6.50.